The summed E-state index contributed by atoms with van der Waals surface area (Å²) >= 11 is 1.28. The van der Waals surface area contributed by atoms with Crippen molar-refractivity contribution in [3.63, 3.8) is 0 Å². The third-order valence-corrected chi connectivity index (χ3v) is 3.75. The van der Waals surface area contributed by atoms with Crippen molar-refractivity contribution in [1.29, 1.82) is 0 Å². The van der Waals surface area contributed by atoms with Crippen LogP contribution in [0.2, 0.25) is 0 Å². The number of hydrogen-bond donors (Lipinski definition) is 2. The molecule has 1 amide bonds. The van der Waals surface area contributed by atoms with E-state index in [2.05, 4.69) is 20.5 Å². The Labute approximate surface area is 126 Å². The van der Waals surface area contributed by atoms with Crippen LogP contribution in [0.4, 0.5) is 5.69 Å². The van der Waals surface area contributed by atoms with Crippen molar-refractivity contribution in [2.75, 3.05) is 5.32 Å². The van der Waals surface area contributed by atoms with Crippen molar-refractivity contribution in [1.82, 2.24) is 15.2 Å². The molecule has 0 aliphatic rings. The summed E-state index contributed by atoms with van der Waals surface area (Å²) in [4.78, 5) is 27.4. The van der Waals surface area contributed by atoms with Gasteiger partial charge in [0.05, 0.1) is 5.25 Å². The Morgan fingerprint density at radius 3 is 2.48 bits per heavy atom. The Balaban J connectivity index is 1.95. The molecule has 0 spiro atoms. The molecular formula is C14H16N4O2S. The minimum Gasteiger partial charge on any atom is -0.325 e. The smallest absolute Gasteiger partial charge is 0.237 e. The summed E-state index contributed by atoms with van der Waals surface area (Å²) in [6, 6.07) is 6.80. The number of nitrogens with one attached hydrogen (secondary N) is 2. The number of amides is 1. The van der Waals surface area contributed by atoms with Gasteiger partial charge in [-0.2, -0.15) is 0 Å². The number of aromatic nitrogens is 3. The molecule has 21 heavy (non-hydrogen) atoms. The van der Waals surface area contributed by atoms with Crippen LogP contribution in [-0.2, 0) is 4.79 Å². The first-order valence-electron chi connectivity index (χ1n) is 6.43. The van der Waals surface area contributed by atoms with Crippen LogP contribution < -0.4 is 5.32 Å². The third-order valence-electron chi connectivity index (χ3n) is 2.79. The number of aromatic amines is 1. The number of carbonyl (C=O) groups excluding carboxylic acids is 2. The molecular weight excluding hydrogens is 288 g/mol. The lowest BCUT2D eigenvalue weighted by Gasteiger charge is -2.10. The predicted octanol–water partition coefficient (Wildman–Crippen LogP) is 2.44. The van der Waals surface area contributed by atoms with Crippen molar-refractivity contribution >= 4 is 29.1 Å². The van der Waals surface area contributed by atoms with Gasteiger partial charge in [-0.25, -0.2) is 4.98 Å². The number of aryl methyl sites for hydroxylation is 1. The number of benzene rings is 1. The lowest BCUT2D eigenvalue weighted by atomic mass is 10.1. The Bertz CT molecular complexity index is 651. The van der Waals surface area contributed by atoms with Crippen molar-refractivity contribution in [3.05, 3.63) is 35.7 Å². The quantitative estimate of drug-likeness (QED) is 0.654. The van der Waals surface area contributed by atoms with E-state index in [9.17, 15) is 9.59 Å². The molecule has 1 aromatic heterocycles. The van der Waals surface area contributed by atoms with E-state index in [0.717, 1.165) is 0 Å². The number of Topliss-reactive ketones (excluding diaryl/α,β-unsaturated/α-hetero) is 1. The first-order valence-corrected chi connectivity index (χ1v) is 7.31. The molecule has 7 heteroatoms. The lowest BCUT2D eigenvalue weighted by molar-refractivity contribution is -0.115. The van der Waals surface area contributed by atoms with Crippen molar-refractivity contribution in [3.8, 4) is 0 Å². The van der Waals surface area contributed by atoms with Crippen molar-refractivity contribution in [2.24, 2.45) is 0 Å². The Morgan fingerprint density at radius 1 is 1.29 bits per heavy atom. The van der Waals surface area contributed by atoms with Gasteiger partial charge in [0.15, 0.2) is 5.78 Å². The van der Waals surface area contributed by atoms with Crippen LogP contribution >= 0.6 is 11.8 Å². The molecule has 0 bridgehead atoms. The topological polar surface area (TPSA) is 87.7 Å². The zero-order valence-corrected chi connectivity index (χ0v) is 12.8. The number of thioether (sulfide) groups is 1. The van der Waals surface area contributed by atoms with E-state index in [1.165, 1.54) is 18.7 Å². The largest absolute Gasteiger partial charge is 0.325 e. The molecule has 0 saturated carbocycles. The molecule has 0 saturated heterocycles. The van der Waals surface area contributed by atoms with Gasteiger partial charge in [0.1, 0.15) is 5.82 Å². The van der Waals surface area contributed by atoms with E-state index < -0.39 is 0 Å². The number of rotatable bonds is 5. The predicted molar refractivity (Wildman–Crippen MR) is 81.5 cm³/mol. The van der Waals surface area contributed by atoms with Crippen LogP contribution in [0.3, 0.4) is 0 Å². The molecule has 0 fully saturated rings. The summed E-state index contributed by atoms with van der Waals surface area (Å²) in [5.74, 6) is 0.569. The molecule has 2 aromatic rings. The maximum Gasteiger partial charge on any atom is 0.237 e. The highest BCUT2D eigenvalue weighted by atomic mass is 32.2. The van der Waals surface area contributed by atoms with Crippen LogP contribution in [0.15, 0.2) is 29.4 Å². The SMILES string of the molecule is CC(=O)c1ccc(NC(=O)[C@H](C)Sc2n[nH]c(C)n2)cc1. The molecule has 1 aromatic carbocycles. The minimum atomic E-state index is -0.326. The van der Waals surface area contributed by atoms with Crippen molar-refractivity contribution in [2.45, 2.75) is 31.2 Å². The highest BCUT2D eigenvalue weighted by Gasteiger charge is 2.17. The average molecular weight is 304 g/mol. The van der Waals surface area contributed by atoms with E-state index in [-0.39, 0.29) is 16.9 Å². The van der Waals surface area contributed by atoms with E-state index in [4.69, 9.17) is 0 Å². The monoisotopic (exact) mass is 304 g/mol. The standard InChI is InChI=1S/C14H16N4O2S/c1-8(19)11-4-6-12(7-5-11)16-13(20)9(2)21-14-15-10(3)17-18-14/h4-7,9H,1-3H3,(H,16,20)(H,15,17,18)/t9-/m0/s1. The lowest BCUT2D eigenvalue weighted by Crippen LogP contribution is -2.22. The van der Waals surface area contributed by atoms with Crippen molar-refractivity contribution < 1.29 is 9.59 Å². The van der Waals surface area contributed by atoms with E-state index in [1.807, 2.05) is 0 Å². The second-order valence-electron chi connectivity index (χ2n) is 4.59. The van der Waals surface area contributed by atoms with Gasteiger partial charge in [-0.1, -0.05) is 11.8 Å². The van der Waals surface area contributed by atoms with Crippen LogP contribution in [0.25, 0.3) is 0 Å². The van der Waals surface area contributed by atoms with Crippen LogP contribution in [0.5, 0.6) is 0 Å². The molecule has 6 nitrogen and oxygen atoms in total. The van der Waals surface area contributed by atoms with Gasteiger partial charge in [-0.05, 0) is 45.0 Å². The molecule has 0 unspecified atom stereocenters. The number of carbonyl (C=O) groups is 2. The Kier molecular flexibility index (Phi) is 4.74. The third kappa shape index (κ3) is 4.16. The highest BCUT2D eigenvalue weighted by molar-refractivity contribution is 8.00. The van der Waals surface area contributed by atoms with Crippen LogP contribution in [0.1, 0.15) is 30.0 Å². The molecule has 2 N–H and O–H groups in total. The van der Waals surface area contributed by atoms with Gasteiger partial charge in [0, 0.05) is 11.3 Å². The first-order chi connectivity index (χ1) is 9.95. The normalized spacial score (nSPS) is 12.0. The van der Waals surface area contributed by atoms with Gasteiger partial charge < -0.3 is 5.32 Å². The number of anilines is 1. The van der Waals surface area contributed by atoms with Gasteiger partial charge >= 0.3 is 0 Å². The summed E-state index contributed by atoms with van der Waals surface area (Å²) in [7, 11) is 0. The highest BCUT2D eigenvalue weighted by Crippen LogP contribution is 2.20. The second kappa shape index (κ2) is 6.53. The van der Waals surface area contributed by atoms with E-state index in [0.29, 0.717) is 22.2 Å². The maximum atomic E-state index is 12.1. The fourth-order valence-corrected chi connectivity index (χ4v) is 2.39. The van der Waals surface area contributed by atoms with Crippen LogP contribution in [-0.4, -0.2) is 32.1 Å². The molecule has 1 heterocycles. The second-order valence-corrected chi connectivity index (χ2v) is 5.89. The zero-order valence-electron chi connectivity index (χ0n) is 12.0. The summed E-state index contributed by atoms with van der Waals surface area (Å²) in [6.07, 6.45) is 0. The summed E-state index contributed by atoms with van der Waals surface area (Å²) in [5.41, 5.74) is 1.27. The Morgan fingerprint density at radius 2 is 1.95 bits per heavy atom. The van der Waals surface area contributed by atoms with Gasteiger partial charge in [0.2, 0.25) is 11.1 Å². The number of ketones is 1. The fraction of sp³-hybridized carbons (Fsp3) is 0.286. The molecule has 0 aliphatic carbocycles. The molecule has 1 atom stereocenters. The van der Waals surface area contributed by atoms with Gasteiger partial charge in [-0.3, -0.25) is 14.7 Å². The molecule has 0 aliphatic heterocycles. The summed E-state index contributed by atoms with van der Waals surface area (Å²) in [5, 5.41) is 9.73. The van der Waals surface area contributed by atoms with E-state index >= 15 is 0 Å². The zero-order chi connectivity index (χ0) is 15.4. The Hall–Kier alpha value is -2.15. The van der Waals surface area contributed by atoms with Crippen LogP contribution in [0, 0.1) is 6.92 Å². The molecule has 0 radical (unpaired) electrons. The van der Waals surface area contributed by atoms with E-state index in [1.54, 1.807) is 38.1 Å². The minimum absolute atomic E-state index is 0.00298. The summed E-state index contributed by atoms with van der Waals surface area (Å²) in [6.45, 7) is 5.10. The average Bonchev–Trinajstić information content (AvgIpc) is 2.84. The first kappa shape index (κ1) is 15.2. The summed E-state index contributed by atoms with van der Waals surface area (Å²) < 4.78 is 0. The number of H-pyrrole nitrogens is 1. The van der Waals surface area contributed by atoms with Gasteiger partial charge in [-0.15, -0.1) is 5.10 Å². The maximum absolute atomic E-state index is 12.1. The fourth-order valence-electron chi connectivity index (χ4n) is 1.62. The number of hydrogen-bond acceptors (Lipinski definition) is 5. The number of nitrogens with zero attached hydrogens (tertiary/aromatic N) is 2. The molecule has 110 valence electrons. The van der Waals surface area contributed by atoms with Gasteiger partial charge in [0.25, 0.3) is 0 Å². The molecule has 2 rings (SSSR count).